The van der Waals surface area contributed by atoms with E-state index < -0.39 is 11.9 Å². The van der Waals surface area contributed by atoms with Crippen molar-refractivity contribution in [1.29, 1.82) is 0 Å². The van der Waals surface area contributed by atoms with Crippen LogP contribution in [0.1, 0.15) is 12.5 Å². The molecule has 0 spiro atoms. The van der Waals surface area contributed by atoms with Crippen molar-refractivity contribution in [1.82, 2.24) is 0 Å². The van der Waals surface area contributed by atoms with E-state index in [1.54, 1.807) is 19.2 Å². The van der Waals surface area contributed by atoms with Gasteiger partial charge in [0.05, 0.1) is 6.61 Å². The van der Waals surface area contributed by atoms with Gasteiger partial charge in [0.15, 0.2) is 0 Å². The topological polar surface area (TPSA) is 75.6 Å². The molecule has 96 valence electrons. The van der Waals surface area contributed by atoms with Crippen molar-refractivity contribution in [3.63, 3.8) is 0 Å². The summed E-state index contributed by atoms with van der Waals surface area (Å²) in [4.78, 5) is 22.0. The summed E-state index contributed by atoms with van der Waals surface area (Å²) in [7, 11) is 1.61. The normalized spacial score (nSPS) is 11.1. The molecule has 1 aromatic rings. The van der Waals surface area contributed by atoms with Gasteiger partial charge in [-0.15, -0.1) is 0 Å². The zero-order valence-electron chi connectivity index (χ0n) is 10.3. The average molecular weight is 249 g/mol. The fraction of sp³-hybridized carbons (Fsp3) is 0.231. The second-order valence-corrected chi connectivity index (χ2v) is 3.75. The van der Waals surface area contributed by atoms with Gasteiger partial charge in [0.25, 0.3) is 5.91 Å². The molecule has 5 heteroatoms. The zero-order chi connectivity index (χ0) is 13.5. The van der Waals surface area contributed by atoms with Crippen LogP contribution in [0.3, 0.4) is 0 Å². The number of carboxylic acids is 1. The average Bonchev–Trinajstić information content (AvgIpc) is 2.31. The van der Waals surface area contributed by atoms with E-state index in [1.165, 1.54) is 6.92 Å². The Morgan fingerprint density at radius 1 is 1.33 bits per heavy atom. The Labute approximate surface area is 105 Å². The van der Waals surface area contributed by atoms with E-state index in [0.29, 0.717) is 12.3 Å². The van der Waals surface area contributed by atoms with Crippen molar-refractivity contribution < 1.29 is 19.4 Å². The number of hydrogen-bond acceptors (Lipinski definition) is 3. The molecule has 0 saturated heterocycles. The molecular formula is C13H15NO4. The number of hydrogen-bond donors (Lipinski definition) is 2. The first-order chi connectivity index (χ1) is 8.52. The number of ether oxygens (including phenoxy) is 1. The first-order valence-corrected chi connectivity index (χ1v) is 5.33. The number of amides is 1. The molecule has 1 aromatic carbocycles. The number of nitrogens with one attached hydrogen (secondary N) is 1. The number of aliphatic carboxylic acids is 1. The molecule has 18 heavy (non-hydrogen) atoms. The summed E-state index contributed by atoms with van der Waals surface area (Å²) >= 11 is 0. The fourth-order valence-corrected chi connectivity index (χ4v) is 1.33. The molecule has 0 aliphatic heterocycles. The lowest BCUT2D eigenvalue weighted by Crippen LogP contribution is -2.13. The largest absolute Gasteiger partial charge is 0.478 e. The maximum Gasteiger partial charge on any atom is 0.328 e. The number of carbonyl (C=O) groups is 2. The van der Waals surface area contributed by atoms with Crippen LogP contribution in [0.25, 0.3) is 0 Å². The van der Waals surface area contributed by atoms with Crippen LogP contribution in [0, 0.1) is 0 Å². The first-order valence-electron chi connectivity index (χ1n) is 5.33. The smallest absolute Gasteiger partial charge is 0.328 e. The Bertz CT molecular complexity index is 462. The molecule has 5 nitrogen and oxygen atoms in total. The fourth-order valence-electron chi connectivity index (χ4n) is 1.33. The van der Waals surface area contributed by atoms with Gasteiger partial charge in [0, 0.05) is 24.4 Å². The van der Waals surface area contributed by atoms with E-state index >= 15 is 0 Å². The standard InChI is InChI=1S/C13H15NO4/c1-9(7-12(15)16)13(17)14-11-5-3-10(4-6-11)8-18-2/h3-7H,8H2,1-2H3,(H,14,17)(H,15,16)/b9-7-. The van der Waals surface area contributed by atoms with Crippen molar-refractivity contribution in [3.8, 4) is 0 Å². The second kappa shape index (κ2) is 6.56. The van der Waals surface area contributed by atoms with E-state index in [-0.39, 0.29) is 5.57 Å². The Hall–Kier alpha value is -2.14. The molecule has 0 radical (unpaired) electrons. The summed E-state index contributed by atoms with van der Waals surface area (Å²) in [6, 6.07) is 7.13. The van der Waals surface area contributed by atoms with Gasteiger partial charge in [0.2, 0.25) is 0 Å². The molecule has 0 aromatic heterocycles. The van der Waals surface area contributed by atoms with E-state index in [4.69, 9.17) is 9.84 Å². The van der Waals surface area contributed by atoms with Crippen molar-refractivity contribution in [3.05, 3.63) is 41.5 Å². The minimum absolute atomic E-state index is 0.142. The maximum absolute atomic E-state index is 11.6. The van der Waals surface area contributed by atoms with Gasteiger partial charge in [-0.1, -0.05) is 12.1 Å². The molecule has 1 amide bonds. The lowest BCUT2D eigenvalue weighted by Gasteiger charge is -2.06. The number of carbonyl (C=O) groups excluding carboxylic acids is 1. The lowest BCUT2D eigenvalue weighted by atomic mass is 10.2. The van der Waals surface area contributed by atoms with Gasteiger partial charge in [-0.2, -0.15) is 0 Å². The predicted octanol–water partition coefficient (Wildman–Crippen LogP) is 1.80. The van der Waals surface area contributed by atoms with Crippen molar-refractivity contribution in [2.75, 3.05) is 12.4 Å². The zero-order valence-corrected chi connectivity index (χ0v) is 10.3. The molecule has 1 rings (SSSR count). The highest BCUT2D eigenvalue weighted by molar-refractivity contribution is 6.06. The molecular weight excluding hydrogens is 234 g/mol. The van der Waals surface area contributed by atoms with E-state index in [0.717, 1.165) is 11.6 Å². The summed E-state index contributed by atoms with van der Waals surface area (Å²) < 4.78 is 4.97. The van der Waals surface area contributed by atoms with Gasteiger partial charge < -0.3 is 15.2 Å². The van der Waals surface area contributed by atoms with E-state index in [1.807, 2.05) is 12.1 Å². The van der Waals surface area contributed by atoms with Crippen LogP contribution < -0.4 is 5.32 Å². The minimum atomic E-state index is -1.14. The number of carboxylic acid groups (broad SMARTS) is 1. The molecule has 0 fully saturated rings. The molecule has 0 atom stereocenters. The minimum Gasteiger partial charge on any atom is -0.478 e. The van der Waals surface area contributed by atoms with Crippen molar-refractivity contribution >= 4 is 17.6 Å². The number of benzene rings is 1. The van der Waals surface area contributed by atoms with Crippen molar-refractivity contribution in [2.45, 2.75) is 13.5 Å². The first kappa shape index (κ1) is 13.9. The van der Waals surface area contributed by atoms with Crippen LogP contribution in [-0.4, -0.2) is 24.1 Å². The van der Waals surface area contributed by atoms with Crippen LogP contribution in [-0.2, 0) is 20.9 Å². The summed E-state index contributed by atoms with van der Waals surface area (Å²) in [5.41, 5.74) is 1.75. The Kier molecular flexibility index (Phi) is 5.07. The molecule has 0 bridgehead atoms. The predicted molar refractivity (Wildman–Crippen MR) is 67.2 cm³/mol. The Balaban J connectivity index is 2.67. The monoisotopic (exact) mass is 249 g/mol. The molecule has 0 saturated carbocycles. The number of rotatable bonds is 5. The van der Waals surface area contributed by atoms with Gasteiger partial charge in [-0.05, 0) is 24.6 Å². The molecule has 0 unspecified atom stereocenters. The summed E-state index contributed by atoms with van der Waals surface area (Å²) in [6.45, 7) is 1.95. The van der Waals surface area contributed by atoms with Crippen LogP contribution >= 0.6 is 0 Å². The van der Waals surface area contributed by atoms with Crippen LogP contribution in [0.5, 0.6) is 0 Å². The summed E-state index contributed by atoms with van der Waals surface area (Å²) in [5.74, 6) is -1.57. The highest BCUT2D eigenvalue weighted by atomic mass is 16.5. The lowest BCUT2D eigenvalue weighted by molar-refractivity contribution is -0.131. The molecule has 2 N–H and O–H groups in total. The summed E-state index contributed by atoms with van der Waals surface area (Å²) in [6.07, 6.45) is 0.870. The molecule has 0 heterocycles. The quantitative estimate of drug-likeness (QED) is 0.780. The molecule has 0 aliphatic carbocycles. The second-order valence-electron chi connectivity index (χ2n) is 3.75. The van der Waals surface area contributed by atoms with Crippen LogP contribution in [0.15, 0.2) is 35.9 Å². The third-order valence-corrected chi connectivity index (χ3v) is 2.22. The number of anilines is 1. The van der Waals surface area contributed by atoms with Gasteiger partial charge in [-0.25, -0.2) is 4.79 Å². The summed E-state index contributed by atoms with van der Waals surface area (Å²) in [5, 5.41) is 11.1. The third-order valence-electron chi connectivity index (χ3n) is 2.22. The Morgan fingerprint density at radius 3 is 2.44 bits per heavy atom. The highest BCUT2D eigenvalue weighted by Crippen LogP contribution is 2.11. The highest BCUT2D eigenvalue weighted by Gasteiger charge is 2.06. The van der Waals surface area contributed by atoms with E-state index in [9.17, 15) is 9.59 Å². The van der Waals surface area contributed by atoms with E-state index in [2.05, 4.69) is 5.32 Å². The molecule has 0 aliphatic rings. The van der Waals surface area contributed by atoms with Crippen molar-refractivity contribution in [2.24, 2.45) is 0 Å². The maximum atomic E-state index is 11.6. The van der Waals surface area contributed by atoms with Gasteiger partial charge in [-0.3, -0.25) is 4.79 Å². The van der Waals surface area contributed by atoms with Crippen LogP contribution in [0.4, 0.5) is 5.69 Å². The van der Waals surface area contributed by atoms with Crippen LogP contribution in [0.2, 0.25) is 0 Å². The Morgan fingerprint density at radius 2 is 1.94 bits per heavy atom. The SMILES string of the molecule is COCc1ccc(NC(=O)/C(C)=C\C(=O)O)cc1. The third kappa shape index (κ3) is 4.39. The van der Waals surface area contributed by atoms with Gasteiger partial charge in [0.1, 0.15) is 0 Å². The number of methoxy groups -OCH3 is 1. The van der Waals surface area contributed by atoms with Gasteiger partial charge >= 0.3 is 5.97 Å².